The van der Waals surface area contributed by atoms with Gasteiger partial charge >= 0.3 is 0 Å². The van der Waals surface area contributed by atoms with E-state index in [1.165, 1.54) is 0 Å². The average molecular weight is 105 g/mol. The summed E-state index contributed by atoms with van der Waals surface area (Å²) in [5, 5.41) is 8.59. The van der Waals surface area contributed by atoms with Crippen molar-refractivity contribution in [1.29, 1.82) is 0 Å². The Hall–Kier alpha value is -0.160. The topological polar surface area (TPSA) is 84.3 Å². The van der Waals surface area contributed by atoms with Gasteiger partial charge in [-0.25, -0.2) is 0 Å². The third kappa shape index (κ3) is 3.68. The first kappa shape index (κ1) is 6.84. The molecule has 0 fully saturated rings. The molecular formula is C3H11N3O. The molecule has 0 aliphatic rings. The second kappa shape index (κ2) is 4.01. The Morgan fingerprint density at radius 2 is 2.29 bits per heavy atom. The van der Waals surface area contributed by atoms with E-state index in [9.17, 15) is 0 Å². The SMILES string of the molecule is NCC(O)CNN. The third-order valence-corrected chi connectivity index (χ3v) is 0.626. The molecule has 7 heavy (non-hydrogen) atoms. The van der Waals surface area contributed by atoms with Crippen molar-refractivity contribution in [3.63, 3.8) is 0 Å². The lowest BCUT2D eigenvalue weighted by Crippen LogP contribution is -2.36. The van der Waals surface area contributed by atoms with E-state index in [4.69, 9.17) is 16.7 Å². The summed E-state index contributed by atoms with van der Waals surface area (Å²) in [6, 6.07) is 0. The molecule has 0 spiro atoms. The molecule has 1 atom stereocenters. The first-order valence-corrected chi connectivity index (χ1v) is 2.13. The molecule has 0 radical (unpaired) electrons. The fraction of sp³-hybridized carbons (Fsp3) is 1.00. The maximum absolute atomic E-state index is 8.59. The van der Waals surface area contributed by atoms with Gasteiger partial charge < -0.3 is 10.8 Å². The van der Waals surface area contributed by atoms with Crippen LogP contribution in [0.3, 0.4) is 0 Å². The zero-order chi connectivity index (χ0) is 5.70. The second-order valence-corrected chi connectivity index (χ2v) is 1.30. The average Bonchev–Trinajstić information content (AvgIpc) is 1.68. The van der Waals surface area contributed by atoms with E-state index in [2.05, 4.69) is 5.43 Å². The molecule has 1 unspecified atom stereocenters. The molecule has 0 aliphatic heterocycles. The predicted octanol–water partition coefficient (Wildman–Crippen LogP) is -2.23. The van der Waals surface area contributed by atoms with Crippen molar-refractivity contribution in [2.45, 2.75) is 6.10 Å². The van der Waals surface area contributed by atoms with Crippen LogP contribution in [0.5, 0.6) is 0 Å². The van der Waals surface area contributed by atoms with Crippen LogP contribution < -0.4 is 17.0 Å². The van der Waals surface area contributed by atoms with Crippen LogP contribution in [0.25, 0.3) is 0 Å². The third-order valence-electron chi connectivity index (χ3n) is 0.626. The van der Waals surface area contributed by atoms with Gasteiger partial charge in [0, 0.05) is 13.1 Å². The van der Waals surface area contributed by atoms with Crippen LogP contribution in [0.4, 0.5) is 0 Å². The van der Waals surface area contributed by atoms with E-state index in [1.807, 2.05) is 0 Å². The van der Waals surface area contributed by atoms with E-state index in [0.29, 0.717) is 6.54 Å². The van der Waals surface area contributed by atoms with E-state index >= 15 is 0 Å². The van der Waals surface area contributed by atoms with E-state index in [1.54, 1.807) is 0 Å². The van der Waals surface area contributed by atoms with Gasteiger partial charge in [0.25, 0.3) is 0 Å². The lowest BCUT2D eigenvalue weighted by atomic mass is 10.4. The summed E-state index contributed by atoms with van der Waals surface area (Å²) >= 11 is 0. The zero-order valence-electron chi connectivity index (χ0n) is 4.09. The molecule has 0 aromatic heterocycles. The zero-order valence-corrected chi connectivity index (χ0v) is 4.09. The quantitative estimate of drug-likeness (QED) is 0.242. The number of aliphatic hydroxyl groups excluding tert-OH is 1. The Balaban J connectivity index is 2.83. The van der Waals surface area contributed by atoms with E-state index in [-0.39, 0.29) is 6.54 Å². The molecule has 0 saturated carbocycles. The van der Waals surface area contributed by atoms with Crippen LogP contribution in [-0.2, 0) is 0 Å². The molecule has 4 heteroatoms. The van der Waals surface area contributed by atoms with E-state index in [0.717, 1.165) is 0 Å². The van der Waals surface area contributed by atoms with Crippen LogP contribution >= 0.6 is 0 Å². The van der Waals surface area contributed by atoms with Gasteiger partial charge in [-0.3, -0.25) is 11.3 Å². The lowest BCUT2D eigenvalue weighted by Gasteiger charge is -2.03. The standard InChI is InChI=1S/C3H11N3O/c4-1-3(7)2-6-5/h3,6-7H,1-2,4-5H2. The largest absolute Gasteiger partial charge is 0.390 e. The molecule has 0 saturated heterocycles. The summed E-state index contributed by atoms with van der Waals surface area (Å²) < 4.78 is 0. The number of hydrogen-bond acceptors (Lipinski definition) is 4. The summed E-state index contributed by atoms with van der Waals surface area (Å²) in [4.78, 5) is 0. The van der Waals surface area contributed by atoms with Crippen molar-refractivity contribution in [3.8, 4) is 0 Å². The molecular weight excluding hydrogens is 94.1 g/mol. The van der Waals surface area contributed by atoms with Gasteiger partial charge in [0.05, 0.1) is 6.10 Å². The minimum atomic E-state index is -0.509. The fourth-order valence-electron chi connectivity index (χ4n) is 0.219. The van der Waals surface area contributed by atoms with Crippen LogP contribution in [0.15, 0.2) is 0 Å². The molecule has 0 bridgehead atoms. The van der Waals surface area contributed by atoms with Gasteiger partial charge in [0.15, 0.2) is 0 Å². The summed E-state index contributed by atoms with van der Waals surface area (Å²) in [5.74, 6) is 4.84. The van der Waals surface area contributed by atoms with Gasteiger partial charge in [-0.05, 0) is 0 Å². The molecule has 6 N–H and O–H groups in total. The molecule has 4 nitrogen and oxygen atoms in total. The predicted molar refractivity (Wildman–Crippen MR) is 27.3 cm³/mol. The number of nitrogens with two attached hydrogens (primary N) is 2. The highest BCUT2D eigenvalue weighted by atomic mass is 16.3. The van der Waals surface area contributed by atoms with Crippen LogP contribution in [0.2, 0.25) is 0 Å². The molecule has 0 aliphatic carbocycles. The molecule has 44 valence electrons. The normalized spacial score (nSPS) is 14.1. The second-order valence-electron chi connectivity index (χ2n) is 1.30. The monoisotopic (exact) mass is 105 g/mol. The number of nitrogens with one attached hydrogen (secondary N) is 1. The molecule has 0 aromatic carbocycles. The number of rotatable bonds is 3. The summed E-state index contributed by atoms with van der Waals surface area (Å²) in [5.41, 5.74) is 7.30. The number of hydrazine groups is 1. The maximum atomic E-state index is 8.59. The molecule has 0 rings (SSSR count). The van der Waals surface area contributed by atoms with Crippen LogP contribution in [0.1, 0.15) is 0 Å². The smallest absolute Gasteiger partial charge is 0.0800 e. The van der Waals surface area contributed by atoms with Crippen molar-refractivity contribution >= 4 is 0 Å². The summed E-state index contributed by atoms with van der Waals surface area (Å²) in [6.45, 7) is 0.612. The van der Waals surface area contributed by atoms with Gasteiger partial charge in [-0.1, -0.05) is 0 Å². The van der Waals surface area contributed by atoms with Gasteiger partial charge in [0.2, 0.25) is 0 Å². The Bertz CT molecular complexity index is 41.2. The summed E-state index contributed by atoms with van der Waals surface area (Å²) in [6.07, 6.45) is -0.509. The Labute approximate surface area is 42.5 Å². The molecule has 0 heterocycles. The first-order chi connectivity index (χ1) is 3.31. The Morgan fingerprint density at radius 3 is 2.43 bits per heavy atom. The fourth-order valence-corrected chi connectivity index (χ4v) is 0.219. The number of aliphatic hydroxyl groups is 1. The Kier molecular flexibility index (Phi) is 3.92. The van der Waals surface area contributed by atoms with Crippen molar-refractivity contribution in [2.24, 2.45) is 11.6 Å². The Morgan fingerprint density at radius 1 is 1.71 bits per heavy atom. The highest BCUT2D eigenvalue weighted by molar-refractivity contribution is 4.54. The van der Waals surface area contributed by atoms with Crippen molar-refractivity contribution < 1.29 is 5.11 Å². The van der Waals surface area contributed by atoms with Crippen molar-refractivity contribution in [2.75, 3.05) is 13.1 Å². The van der Waals surface area contributed by atoms with Crippen LogP contribution in [0, 0.1) is 0 Å². The van der Waals surface area contributed by atoms with Crippen molar-refractivity contribution in [1.82, 2.24) is 5.43 Å². The highest BCUT2D eigenvalue weighted by Gasteiger charge is 1.94. The van der Waals surface area contributed by atoms with Gasteiger partial charge in [-0.2, -0.15) is 0 Å². The maximum Gasteiger partial charge on any atom is 0.0800 e. The summed E-state index contributed by atoms with van der Waals surface area (Å²) in [7, 11) is 0. The lowest BCUT2D eigenvalue weighted by molar-refractivity contribution is 0.180. The number of hydrogen-bond donors (Lipinski definition) is 4. The van der Waals surface area contributed by atoms with E-state index < -0.39 is 6.10 Å². The van der Waals surface area contributed by atoms with Gasteiger partial charge in [-0.15, -0.1) is 0 Å². The van der Waals surface area contributed by atoms with Crippen molar-refractivity contribution in [3.05, 3.63) is 0 Å². The van der Waals surface area contributed by atoms with Gasteiger partial charge in [0.1, 0.15) is 0 Å². The molecule has 0 amide bonds. The van der Waals surface area contributed by atoms with Crippen LogP contribution in [-0.4, -0.2) is 24.3 Å². The minimum Gasteiger partial charge on any atom is -0.390 e. The molecule has 0 aromatic rings. The minimum absolute atomic E-state index is 0.254. The first-order valence-electron chi connectivity index (χ1n) is 2.13. The highest BCUT2D eigenvalue weighted by Crippen LogP contribution is 1.68.